The van der Waals surface area contributed by atoms with E-state index in [9.17, 15) is 45.6 Å². The lowest BCUT2D eigenvalue weighted by Gasteiger charge is -2.46. The highest BCUT2D eigenvalue weighted by atomic mass is 16.7. The Bertz CT molecular complexity index is 1800. The summed E-state index contributed by atoms with van der Waals surface area (Å²) in [4.78, 5) is 13.2. The average molecular weight is 1120 g/mol. The first-order valence-electron chi connectivity index (χ1n) is 30.7. The summed E-state index contributed by atoms with van der Waals surface area (Å²) in [6.07, 6.45) is 55.9. The fourth-order valence-corrected chi connectivity index (χ4v) is 9.31. The molecule has 1 amide bonds. The van der Waals surface area contributed by atoms with Crippen molar-refractivity contribution in [2.24, 2.45) is 0 Å². The molecule has 9 N–H and O–H groups in total. The quantitative estimate of drug-likeness (QED) is 0.0204. The number of carbonyl (C=O) groups is 1. The summed E-state index contributed by atoms with van der Waals surface area (Å²) in [7, 11) is 0. The number of unbranched alkanes of at least 4 members (excludes halogenated alkanes) is 17. The van der Waals surface area contributed by atoms with Crippen molar-refractivity contribution in [3.8, 4) is 0 Å². The van der Waals surface area contributed by atoms with Crippen molar-refractivity contribution in [3.05, 3.63) is 122 Å². The van der Waals surface area contributed by atoms with Gasteiger partial charge in [0, 0.05) is 6.42 Å². The van der Waals surface area contributed by atoms with E-state index in [0.29, 0.717) is 12.8 Å². The number of amides is 1. The summed E-state index contributed by atoms with van der Waals surface area (Å²) >= 11 is 0. The van der Waals surface area contributed by atoms with Gasteiger partial charge in [-0.25, -0.2) is 0 Å². The molecule has 0 bridgehead atoms. The largest absolute Gasteiger partial charge is 0.394 e. The highest BCUT2D eigenvalue weighted by Crippen LogP contribution is 2.30. The molecule has 0 aromatic rings. The minimum atomic E-state index is -1.80. The van der Waals surface area contributed by atoms with Crippen molar-refractivity contribution < 1.29 is 64.6 Å². The minimum Gasteiger partial charge on any atom is -0.394 e. The van der Waals surface area contributed by atoms with Gasteiger partial charge >= 0.3 is 0 Å². The van der Waals surface area contributed by atoms with E-state index in [1.807, 2.05) is 19.1 Å². The zero-order valence-corrected chi connectivity index (χ0v) is 49.0. The van der Waals surface area contributed by atoms with Crippen LogP contribution in [0.4, 0.5) is 0 Å². The van der Waals surface area contributed by atoms with Crippen molar-refractivity contribution >= 4 is 5.91 Å². The van der Waals surface area contributed by atoms with Crippen LogP contribution in [0.1, 0.15) is 194 Å². The summed E-state index contributed by atoms with van der Waals surface area (Å²) < 4.78 is 22.7. The molecule has 2 saturated heterocycles. The molecule has 0 saturated carbocycles. The maximum absolute atomic E-state index is 13.2. The number of nitrogens with one attached hydrogen (secondary N) is 1. The van der Waals surface area contributed by atoms with Crippen LogP contribution in [0.15, 0.2) is 122 Å². The van der Waals surface area contributed by atoms with E-state index in [1.54, 1.807) is 6.08 Å². The van der Waals surface area contributed by atoms with E-state index >= 15 is 0 Å². The Hall–Kier alpha value is -3.61. The Labute approximate surface area is 482 Å². The fourth-order valence-electron chi connectivity index (χ4n) is 9.31. The summed E-state index contributed by atoms with van der Waals surface area (Å²) in [5.41, 5.74) is 0. The summed E-state index contributed by atoms with van der Waals surface area (Å²) in [6, 6.07) is -0.942. The summed E-state index contributed by atoms with van der Waals surface area (Å²) in [6.45, 7) is 2.39. The number of aliphatic hydroxyl groups is 8. The molecule has 0 aromatic heterocycles. The monoisotopic (exact) mass is 1120 g/mol. The predicted molar refractivity (Wildman–Crippen MR) is 322 cm³/mol. The van der Waals surface area contributed by atoms with Gasteiger partial charge in [0.25, 0.3) is 0 Å². The second kappa shape index (κ2) is 50.0. The molecule has 0 aromatic carbocycles. The molecule has 2 aliphatic heterocycles. The van der Waals surface area contributed by atoms with Gasteiger partial charge in [-0.05, 0) is 96.8 Å². The van der Waals surface area contributed by atoms with Crippen LogP contribution in [0, 0.1) is 0 Å². The van der Waals surface area contributed by atoms with Crippen LogP contribution in [0.25, 0.3) is 0 Å². The van der Waals surface area contributed by atoms with Crippen LogP contribution in [-0.2, 0) is 23.7 Å². The van der Waals surface area contributed by atoms with Gasteiger partial charge < -0.3 is 65.1 Å². The van der Waals surface area contributed by atoms with Gasteiger partial charge in [-0.15, -0.1) is 0 Å². The molecule has 80 heavy (non-hydrogen) atoms. The van der Waals surface area contributed by atoms with Gasteiger partial charge in [0.15, 0.2) is 12.6 Å². The molecule has 0 spiro atoms. The summed E-state index contributed by atoms with van der Waals surface area (Å²) in [5, 5.41) is 86.7. The third-order valence-electron chi connectivity index (χ3n) is 14.2. The van der Waals surface area contributed by atoms with Crippen molar-refractivity contribution in [1.82, 2.24) is 5.32 Å². The molecular weight excluding hydrogens is 1010 g/mol. The molecule has 0 aliphatic carbocycles. The molecule has 2 fully saturated rings. The Morgan fingerprint density at radius 1 is 0.475 bits per heavy atom. The maximum atomic E-state index is 13.2. The van der Waals surface area contributed by atoms with Crippen LogP contribution < -0.4 is 5.32 Å². The predicted octanol–water partition coefficient (Wildman–Crippen LogP) is 11.0. The SMILES string of the molecule is C/C=C/CC/C=C/CC/C=C/C(O)C(COC1OC(CO)C(OC2OC(CO)C(O)C(O)C2O)C(O)C1O)NC(=O)CCCCCCCCCCCCCCCCC/C=C\C/C=C\C/C=C\C/C=C\C/C=C\C/C=C\C/C=C\CC. The second-order valence-electron chi connectivity index (χ2n) is 21.1. The van der Waals surface area contributed by atoms with Crippen LogP contribution in [0.5, 0.6) is 0 Å². The Balaban J connectivity index is 1.58. The van der Waals surface area contributed by atoms with E-state index < -0.39 is 86.8 Å². The van der Waals surface area contributed by atoms with Crippen LogP contribution in [-0.4, -0.2) is 140 Å². The number of hydrogen-bond acceptors (Lipinski definition) is 13. The summed E-state index contributed by atoms with van der Waals surface area (Å²) in [5.74, 6) is -0.262. The molecule has 14 nitrogen and oxygen atoms in total. The first-order valence-corrected chi connectivity index (χ1v) is 30.7. The third-order valence-corrected chi connectivity index (χ3v) is 14.2. The van der Waals surface area contributed by atoms with E-state index in [1.165, 1.54) is 77.0 Å². The van der Waals surface area contributed by atoms with Crippen molar-refractivity contribution in [2.75, 3.05) is 19.8 Å². The fraction of sp³-hybridized carbons (Fsp3) is 0.682. The smallest absolute Gasteiger partial charge is 0.220 e. The highest BCUT2D eigenvalue weighted by molar-refractivity contribution is 5.76. The van der Waals surface area contributed by atoms with Gasteiger partial charge in [0.1, 0.15) is 48.8 Å². The standard InChI is InChI=1S/C66H109NO13/c1-3-5-7-9-11-13-14-15-16-17-18-19-20-21-22-23-24-25-26-27-28-29-30-31-32-33-34-35-36-37-38-39-40-42-44-46-48-50-58(71)67-54(55(70)49-47-45-43-41-12-10-8-6-4-2)53-77-65-63(76)61(74)64(57(52-69)79-65)80-66-62(75)60(73)59(72)56(51-68)78-66/h4-7,11-13,15-16,18-19,21-22,24-25,27-28,41,47,49,54-57,59-66,68-70,72-76H,3,8-10,14,17,20,23,26,29-40,42-46,48,50-53H2,1-2H3,(H,67,71)/b6-4+,7-5-,13-11-,16-15-,19-18-,22-21-,25-24-,28-27-,41-12+,49-47+. The number of rotatable bonds is 47. The van der Waals surface area contributed by atoms with Crippen LogP contribution in [0.2, 0.25) is 0 Å². The van der Waals surface area contributed by atoms with E-state index in [2.05, 4.69) is 116 Å². The molecule has 0 radical (unpaired) electrons. The molecular formula is C66H109NO13. The van der Waals surface area contributed by atoms with Crippen LogP contribution >= 0.6 is 0 Å². The molecule has 12 atom stereocenters. The first kappa shape index (κ1) is 72.5. The number of hydrogen-bond donors (Lipinski definition) is 9. The topological polar surface area (TPSA) is 228 Å². The van der Waals surface area contributed by atoms with Gasteiger partial charge in [-0.2, -0.15) is 0 Å². The molecule has 456 valence electrons. The lowest BCUT2D eigenvalue weighted by Crippen LogP contribution is -2.65. The maximum Gasteiger partial charge on any atom is 0.220 e. The van der Waals surface area contributed by atoms with E-state index in [-0.39, 0.29) is 18.9 Å². The molecule has 2 rings (SSSR count). The Kier molecular flexibility index (Phi) is 45.3. The van der Waals surface area contributed by atoms with Crippen molar-refractivity contribution in [1.29, 1.82) is 0 Å². The molecule has 12 unspecified atom stereocenters. The molecule has 2 heterocycles. The average Bonchev–Trinajstić information content (AvgIpc) is 3.49. The van der Waals surface area contributed by atoms with Gasteiger partial charge in [0.2, 0.25) is 5.91 Å². The highest BCUT2D eigenvalue weighted by Gasteiger charge is 2.51. The minimum absolute atomic E-state index is 0.262. The lowest BCUT2D eigenvalue weighted by atomic mass is 9.97. The van der Waals surface area contributed by atoms with Gasteiger partial charge in [-0.1, -0.05) is 212 Å². The molecule has 14 heteroatoms. The number of carbonyl (C=O) groups excluding carboxylic acids is 1. The Morgan fingerprint density at radius 2 is 0.887 bits per heavy atom. The number of aliphatic hydroxyl groups excluding tert-OH is 8. The number of ether oxygens (including phenoxy) is 4. The normalized spacial score (nSPS) is 25.1. The molecule has 2 aliphatic rings. The zero-order chi connectivity index (χ0) is 58.1. The zero-order valence-electron chi connectivity index (χ0n) is 49.0. The Morgan fingerprint density at radius 3 is 1.38 bits per heavy atom. The van der Waals surface area contributed by atoms with E-state index in [4.69, 9.17) is 18.9 Å². The third kappa shape index (κ3) is 34.7. The van der Waals surface area contributed by atoms with Crippen LogP contribution in [0.3, 0.4) is 0 Å². The van der Waals surface area contributed by atoms with Crippen molar-refractivity contribution in [2.45, 2.75) is 267 Å². The van der Waals surface area contributed by atoms with Gasteiger partial charge in [0.05, 0.1) is 32.0 Å². The lowest BCUT2D eigenvalue weighted by molar-refractivity contribution is -0.359. The second-order valence-corrected chi connectivity index (χ2v) is 21.1. The number of allylic oxidation sites excluding steroid dienone is 19. The van der Waals surface area contributed by atoms with Crippen molar-refractivity contribution in [3.63, 3.8) is 0 Å². The first-order chi connectivity index (χ1) is 39.1. The van der Waals surface area contributed by atoms with E-state index in [0.717, 1.165) is 83.5 Å². The van der Waals surface area contributed by atoms with Gasteiger partial charge in [-0.3, -0.25) is 4.79 Å².